The molecule has 0 aromatic heterocycles. The summed E-state index contributed by atoms with van der Waals surface area (Å²) in [5.41, 5.74) is 0. The van der Waals surface area contributed by atoms with E-state index >= 15 is 0 Å². The van der Waals surface area contributed by atoms with Crippen molar-refractivity contribution in [3.8, 4) is 0 Å². The second kappa shape index (κ2) is 7.10. The molecule has 3 aliphatic rings. The van der Waals surface area contributed by atoms with Gasteiger partial charge in [0.25, 0.3) is 0 Å². The third kappa shape index (κ3) is 3.59. The minimum absolute atomic E-state index is 0.213. The van der Waals surface area contributed by atoms with Gasteiger partial charge in [-0.3, -0.25) is 4.79 Å². The fourth-order valence-corrected chi connectivity index (χ4v) is 4.35. The van der Waals surface area contributed by atoms with E-state index < -0.39 is 0 Å². The molecular formula is C17H31N3O. The van der Waals surface area contributed by atoms with Crippen LogP contribution in [-0.4, -0.2) is 60.5 Å². The monoisotopic (exact) mass is 293 g/mol. The quantitative estimate of drug-likeness (QED) is 0.844. The van der Waals surface area contributed by atoms with Crippen LogP contribution in [0.4, 0.5) is 0 Å². The van der Waals surface area contributed by atoms with Gasteiger partial charge in [0, 0.05) is 25.2 Å². The minimum atomic E-state index is 0.213. The summed E-state index contributed by atoms with van der Waals surface area (Å²) in [6.45, 7) is 7.75. The van der Waals surface area contributed by atoms with Gasteiger partial charge in [0.2, 0.25) is 5.91 Å². The minimum Gasteiger partial charge on any atom is -0.342 e. The molecule has 0 aliphatic carbocycles. The number of carbonyl (C=O) groups excluding carboxylic acids is 1. The third-order valence-corrected chi connectivity index (χ3v) is 5.76. The lowest BCUT2D eigenvalue weighted by atomic mass is 9.89. The maximum Gasteiger partial charge on any atom is 0.227 e. The van der Waals surface area contributed by atoms with Gasteiger partial charge in [-0.2, -0.15) is 0 Å². The highest BCUT2D eigenvalue weighted by Gasteiger charge is 2.34. The van der Waals surface area contributed by atoms with Gasteiger partial charge in [-0.05, 0) is 65.1 Å². The first-order chi connectivity index (χ1) is 10.3. The molecule has 2 unspecified atom stereocenters. The lowest BCUT2D eigenvalue weighted by molar-refractivity contribution is -0.138. The number of hydrogen-bond acceptors (Lipinski definition) is 3. The second-order valence-electron chi connectivity index (χ2n) is 7.14. The first-order valence-corrected chi connectivity index (χ1v) is 9.02. The van der Waals surface area contributed by atoms with Gasteiger partial charge >= 0.3 is 0 Å². The summed E-state index contributed by atoms with van der Waals surface area (Å²) in [7, 11) is 0. The number of piperidine rings is 3. The predicted octanol–water partition coefficient (Wildman–Crippen LogP) is 1.85. The molecule has 0 spiro atoms. The molecule has 3 fully saturated rings. The van der Waals surface area contributed by atoms with Crippen LogP contribution in [0.25, 0.3) is 0 Å². The highest BCUT2D eigenvalue weighted by atomic mass is 16.2. The van der Waals surface area contributed by atoms with E-state index in [1.54, 1.807) is 0 Å². The van der Waals surface area contributed by atoms with Crippen LogP contribution in [0.15, 0.2) is 0 Å². The van der Waals surface area contributed by atoms with Crippen LogP contribution < -0.4 is 5.32 Å². The van der Waals surface area contributed by atoms with Crippen LogP contribution in [0, 0.1) is 5.92 Å². The SMILES string of the molecule is CC1NCCCC1C(=O)N1CCC(N2CCCCC2)CC1. The van der Waals surface area contributed by atoms with Crippen LogP contribution in [0.1, 0.15) is 51.9 Å². The fraction of sp³-hybridized carbons (Fsp3) is 0.941. The molecule has 0 bridgehead atoms. The van der Waals surface area contributed by atoms with Crippen molar-refractivity contribution in [1.82, 2.24) is 15.1 Å². The molecule has 21 heavy (non-hydrogen) atoms. The van der Waals surface area contributed by atoms with Crippen molar-refractivity contribution in [2.24, 2.45) is 5.92 Å². The zero-order valence-electron chi connectivity index (χ0n) is 13.5. The van der Waals surface area contributed by atoms with Crippen molar-refractivity contribution >= 4 is 5.91 Å². The normalized spacial score (nSPS) is 33.1. The summed E-state index contributed by atoms with van der Waals surface area (Å²) in [5, 5.41) is 3.46. The molecule has 0 aromatic rings. The Morgan fingerprint density at radius 2 is 1.67 bits per heavy atom. The molecule has 3 rings (SSSR count). The maximum atomic E-state index is 12.7. The summed E-state index contributed by atoms with van der Waals surface area (Å²) in [4.78, 5) is 17.5. The smallest absolute Gasteiger partial charge is 0.227 e. The molecular weight excluding hydrogens is 262 g/mol. The standard InChI is InChI=1S/C17H31N3O/c1-14-16(6-5-9-18-14)17(21)20-12-7-15(8-13-20)19-10-3-2-4-11-19/h14-16,18H,2-13H2,1H3. The van der Waals surface area contributed by atoms with E-state index in [9.17, 15) is 4.79 Å². The Labute approximate surface area is 129 Å². The molecule has 1 amide bonds. The molecule has 0 saturated carbocycles. The second-order valence-corrected chi connectivity index (χ2v) is 7.14. The first-order valence-electron chi connectivity index (χ1n) is 9.02. The Balaban J connectivity index is 1.49. The Morgan fingerprint density at radius 3 is 2.33 bits per heavy atom. The Kier molecular flexibility index (Phi) is 5.17. The van der Waals surface area contributed by atoms with E-state index in [4.69, 9.17) is 0 Å². The average Bonchev–Trinajstić information content (AvgIpc) is 2.56. The van der Waals surface area contributed by atoms with Crippen molar-refractivity contribution in [1.29, 1.82) is 0 Å². The van der Waals surface area contributed by atoms with Crippen LogP contribution >= 0.6 is 0 Å². The van der Waals surface area contributed by atoms with E-state index in [-0.39, 0.29) is 5.92 Å². The first kappa shape index (κ1) is 15.3. The van der Waals surface area contributed by atoms with E-state index in [2.05, 4.69) is 22.0 Å². The summed E-state index contributed by atoms with van der Waals surface area (Å²) < 4.78 is 0. The highest BCUT2D eigenvalue weighted by molar-refractivity contribution is 5.79. The molecule has 0 aromatic carbocycles. The van der Waals surface area contributed by atoms with Gasteiger partial charge in [-0.25, -0.2) is 0 Å². The van der Waals surface area contributed by atoms with Gasteiger partial charge < -0.3 is 15.1 Å². The van der Waals surface area contributed by atoms with Crippen LogP contribution in [0.5, 0.6) is 0 Å². The molecule has 3 heterocycles. The predicted molar refractivity (Wildman–Crippen MR) is 85.2 cm³/mol. The third-order valence-electron chi connectivity index (χ3n) is 5.76. The number of carbonyl (C=O) groups is 1. The molecule has 2 atom stereocenters. The largest absolute Gasteiger partial charge is 0.342 e. The molecule has 4 nitrogen and oxygen atoms in total. The van der Waals surface area contributed by atoms with Crippen LogP contribution in [-0.2, 0) is 4.79 Å². The number of likely N-dealkylation sites (tertiary alicyclic amines) is 2. The average molecular weight is 293 g/mol. The Hall–Kier alpha value is -0.610. The van der Waals surface area contributed by atoms with E-state index in [1.807, 2.05) is 0 Å². The highest BCUT2D eigenvalue weighted by Crippen LogP contribution is 2.24. The molecule has 3 saturated heterocycles. The molecule has 3 aliphatic heterocycles. The number of hydrogen-bond donors (Lipinski definition) is 1. The topological polar surface area (TPSA) is 35.6 Å². The van der Waals surface area contributed by atoms with Gasteiger partial charge in [0.1, 0.15) is 0 Å². The Morgan fingerprint density at radius 1 is 0.952 bits per heavy atom. The summed E-state index contributed by atoms with van der Waals surface area (Å²) >= 11 is 0. The zero-order valence-corrected chi connectivity index (χ0v) is 13.5. The zero-order chi connectivity index (χ0) is 14.7. The Bertz CT molecular complexity index is 346. The van der Waals surface area contributed by atoms with Crippen molar-refractivity contribution < 1.29 is 4.79 Å². The van der Waals surface area contributed by atoms with Crippen molar-refractivity contribution in [2.75, 3.05) is 32.7 Å². The van der Waals surface area contributed by atoms with E-state index in [0.29, 0.717) is 11.9 Å². The number of nitrogens with zero attached hydrogens (tertiary/aromatic N) is 2. The molecule has 0 radical (unpaired) electrons. The lowest BCUT2D eigenvalue weighted by Crippen LogP contribution is -2.52. The maximum absolute atomic E-state index is 12.7. The van der Waals surface area contributed by atoms with Gasteiger partial charge in [-0.1, -0.05) is 6.42 Å². The van der Waals surface area contributed by atoms with Gasteiger partial charge in [0.05, 0.1) is 5.92 Å². The van der Waals surface area contributed by atoms with E-state index in [0.717, 1.165) is 38.5 Å². The van der Waals surface area contributed by atoms with Crippen molar-refractivity contribution in [3.05, 3.63) is 0 Å². The summed E-state index contributed by atoms with van der Waals surface area (Å²) in [6, 6.07) is 1.09. The number of nitrogens with one attached hydrogen (secondary N) is 1. The van der Waals surface area contributed by atoms with Gasteiger partial charge in [0.15, 0.2) is 0 Å². The molecule has 4 heteroatoms. The molecule has 120 valence electrons. The van der Waals surface area contributed by atoms with Crippen LogP contribution in [0.2, 0.25) is 0 Å². The summed E-state index contributed by atoms with van der Waals surface area (Å²) in [6.07, 6.45) is 8.71. The van der Waals surface area contributed by atoms with Crippen molar-refractivity contribution in [3.63, 3.8) is 0 Å². The summed E-state index contributed by atoms with van der Waals surface area (Å²) in [5.74, 6) is 0.622. The molecule has 1 N–H and O–H groups in total. The van der Waals surface area contributed by atoms with Crippen molar-refractivity contribution in [2.45, 2.75) is 64.0 Å². The van der Waals surface area contributed by atoms with E-state index in [1.165, 1.54) is 45.2 Å². The fourth-order valence-electron chi connectivity index (χ4n) is 4.35. The number of amides is 1. The van der Waals surface area contributed by atoms with Crippen LogP contribution in [0.3, 0.4) is 0 Å². The number of rotatable bonds is 2. The lowest BCUT2D eigenvalue weighted by Gasteiger charge is -2.42. The van der Waals surface area contributed by atoms with Gasteiger partial charge in [-0.15, -0.1) is 0 Å².